The molecule has 0 unspecified atom stereocenters. The number of H-pyrrole nitrogens is 1. The zero-order chi connectivity index (χ0) is 22.2. The SMILES string of the molecule is CCCC(=O)Nc1ccccc1-c1cnc2c3[nH]ncc3c(=O)n(CC(F)(F)F)c2c1. The average molecular weight is 429 g/mol. The fraction of sp³-hybridized carbons (Fsp3) is 0.238. The molecule has 2 N–H and O–H groups in total. The van der Waals surface area contributed by atoms with Gasteiger partial charge in [-0.15, -0.1) is 0 Å². The Morgan fingerprint density at radius 2 is 2.00 bits per heavy atom. The van der Waals surface area contributed by atoms with E-state index in [1.165, 1.54) is 18.5 Å². The summed E-state index contributed by atoms with van der Waals surface area (Å²) in [7, 11) is 0. The second-order valence-electron chi connectivity index (χ2n) is 7.10. The van der Waals surface area contributed by atoms with E-state index in [0.29, 0.717) is 34.2 Å². The maximum atomic E-state index is 13.2. The number of anilines is 1. The molecule has 0 aliphatic carbocycles. The summed E-state index contributed by atoms with van der Waals surface area (Å²) < 4.78 is 40.3. The number of fused-ring (bicyclic) bond motifs is 3. The molecule has 0 bridgehead atoms. The Labute approximate surface area is 173 Å². The minimum atomic E-state index is -4.60. The van der Waals surface area contributed by atoms with Crippen molar-refractivity contribution < 1.29 is 18.0 Å². The summed E-state index contributed by atoms with van der Waals surface area (Å²) in [6.07, 6.45) is -0.896. The summed E-state index contributed by atoms with van der Waals surface area (Å²) in [6, 6.07) is 8.39. The van der Waals surface area contributed by atoms with Crippen molar-refractivity contribution in [3.8, 4) is 11.1 Å². The first-order chi connectivity index (χ1) is 14.8. The Morgan fingerprint density at radius 3 is 2.74 bits per heavy atom. The predicted molar refractivity (Wildman–Crippen MR) is 111 cm³/mol. The number of amides is 1. The number of benzene rings is 1. The van der Waals surface area contributed by atoms with E-state index in [4.69, 9.17) is 0 Å². The lowest BCUT2D eigenvalue weighted by Gasteiger charge is -2.15. The highest BCUT2D eigenvalue weighted by atomic mass is 19.4. The van der Waals surface area contributed by atoms with Gasteiger partial charge in [-0.3, -0.25) is 24.2 Å². The molecule has 1 aromatic carbocycles. The minimum absolute atomic E-state index is 0.0197. The van der Waals surface area contributed by atoms with Gasteiger partial charge in [0.25, 0.3) is 5.56 Å². The Morgan fingerprint density at radius 1 is 1.23 bits per heavy atom. The monoisotopic (exact) mass is 429 g/mol. The predicted octanol–water partition coefficient (Wildman–Crippen LogP) is 4.24. The third-order valence-corrected chi connectivity index (χ3v) is 4.84. The first-order valence-corrected chi connectivity index (χ1v) is 9.60. The number of nitrogens with zero attached hydrogens (tertiary/aromatic N) is 3. The lowest BCUT2D eigenvalue weighted by molar-refractivity contribution is -0.140. The molecule has 0 saturated carbocycles. The molecule has 0 aliphatic heterocycles. The van der Waals surface area contributed by atoms with Gasteiger partial charge in [-0.1, -0.05) is 25.1 Å². The molecule has 4 aromatic rings. The highest BCUT2D eigenvalue weighted by Gasteiger charge is 2.30. The van der Waals surface area contributed by atoms with E-state index in [9.17, 15) is 22.8 Å². The number of pyridine rings is 2. The smallest absolute Gasteiger partial charge is 0.326 e. The van der Waals surface area contributed by atoms with Gasteiger partial charge in [0, 0.05) is 29.4 Å². The Balaban J connectivity index is 1.93. The van der Waals surface area contributed by atoms with E-state index in [1.807, 2.05) is 6.92 Å². The lowest BCUT2D eigenvalue weighted by atomic mass is 10.0. The molecule has 31 heavy (non-hydrogen) atoms. The molecule has 1 amide bonds. The first kappa shape index (κ1) is 20.6. The summed E-state index contributed by atoms with van der Waals surface area (Å²) >= 11 is 0. The maximum Gasteiger partial charge on any atom is 0.406 e. The standard InChI is InChI=1S/C21H18F3N5O2/c1-2-5-17(30)27-15-7-4-3-6-13(15)12-8-16-19(25-9-12)18-14(10-26-28-18)20(31)29(16)11-21(22,23)24/h3-4,6-10H,2,5,11H2,1H3,(H,26,28)(H,27,30). The summed E-state index contributed by atoms with van der Waals surface area (Å²) in [5.74, 6) is -0.170. The molecule has 0 radical (unpaired) electrons. The molecule has 0 fully saturated rings. The van der Waals surface area contributed by atoms with Crippen LogP contribution in [0.15, 0.2) is 47.5 Å². The maximum absolute atomic E-state index is 13.2. The summed E-state index contributed by atoms with van der Waals surface area (Å²) in [4.78, 5) is 29.1. The molecule has 7 nitrogen and oxygen atoms in total. The van der Waals surface area contributed by atoms with Gasteiger partial charge in [0.1, 0.15) is 12.1 Å². The van der Waals surface area contributed by atoms with Crippen molar-refractivity contribution in [2.45, 2.75) is 32.5 Å². The Hall–Kier alpha value is -3.69. The van der Waals surface area contributed by atoms with Crippen LogP contribution in [0.5, 0.6) is 0 Å². The van der Waals surface area contributed by atoms with Crippen LogP contribution in [0.3, 0.4) is 0 Å². The molecule has 3 heterocycles. The van der Waals surface area contributed by atoms with Gasteiger partial charge in [-0.25, -0.2) is 0 Å². The fourth-order valence-electron chi connectivity index (χ4n) is 3.50. The van der Waals surface area contributed by atoms with Crippen molar-refractivity contribution in [1.29, 1.82) is 0 Å². The van der Waals surface area contributed by atoms with Gasteiger partial charge in [0.2, 0.25) is 5.91 Å². The minimum Gasteiger partial charge on any atom is -0.326 e. The van der Waals surface area contributed by atoms with E-state index in [0.717, 1.165) is 0 Å². The molecule has 0 spiro atoms. The van der Waals surface area contributed by atoms with Gasteiger partial charge in [0.05, 0.1) is 22.6 Å². The number of aromatic nitrogens is 4. The topological polar surface area (TPSA) is 92.7 Å². The van der Waals surface area contributed by atoms with Crippen LogP contribution < -0.4 is 10.9 Å². The molecule has 10 heteroatoms. The van der Waals surface area contributed by atoms with Gasteiger partial charge < -0.3 is 5.32 Å². The number of hydrogen-bond acceptors (Lipinski definition) is 4. The zero-order valence-electron chi connectivity index (χ0n) is 16.5. The highest BCUT2D eigenvalue weighted by molar-refractivity contribution is 6.02. The normalized spacial score (nSPS) is 11.9. The second kappa shape index (κ2) is 7.86. The van der Waals surface area contributed by atoms with Crippen LogP contribution in [0.2, 0.25) is 0 Å². The zero-order valence-corrected chi connectivity index (χ0v) is 16.5. The number of alkyl halides is 3. The molecule has 0 aliphatic rings. The molecule has 4 rings (SSSR count). The van der Waals surface area contributed by atoms with Gasteiger partial charge >= 0.3 is 6.18 Å². The quantitative estimate of drug-likeness (QED) is 0.496. The second-order valence-corrected chi connectivity index (χ2v) is 7.10. The molecule has 0 saturated heterocycles. The van der Waals surface area contributed by atoms with Crippen molar-refractivity contribution in [2.75, 3.05) is 5.32 Å². The summed E-state index contributed by atoms with van der Waals surface area (Å²) in [6.45, 7) is 0.429. The number of nitrogens with one attached hydrogen (secondary N) is 2. The highest BCUT2D eigenvalue weighted by Crippen LogP contribution is 2.31. The average Bonchev–Trinajstić information content (AvgIpc) is 3.21. The van der Waals surface area contributed by atoms with Crippen molar-refractivity contribution in [3.63, 3.8) is 0 Å². The van der Waals surface area contributed by atoms with Crippen LogP contribution in [0.1, 0.15) is 19.8 Å². The third-order valence-electron chi connectivity index (χ3n) is 4.84. The molecule has 160 valence electrons. The van der Waals surface area contributed by atoms with Crippen LogP contribution in [-0.4, -0.2) is 31.8 Å². The van der Waals surface area contributed by atoms with Crippen molar-refractivity contribution in [2.24, 2.45) is 0 Å². The van der Waals surface area contributed by atoms with Crippen LogP contribution in [-0.2, 0) is 11.3 Å². The first-order valence-electron chi connectivity index (χ1n) is 9.60. The summed E-state index contributed by atoms with van der Waals surface area (Å²) in [5, 5.41) is 9.28. The number of aromatic amines is 1. The third kappa shape index (κ3) is 4.00. The molecule has 3 aromatic heterocycles. The number of hydrogen-bond donors (Lipinski definition) is 2. The van der Waals surface area contributed by atoms with E-state index in [1.54, 1.807) is 24.3 Å². The fourth-order valence-corrected chi connectivity index (χ4v) is 3.50. The molecular formula is C21H18F3N5O2. The van der Waals surface area contributed by atoms with Gasteiger partial charge in [-0.2, -0.15) is 18.3 Å². The van der Waals surface area contributed by atoms with Crippen LogP contribution in [0, 0.1) is 0 Å². The lowest BCUT2D eigenvalue weighted by Crippen LogP contribution is -2.28. The van der Waals surface area contributed by atoms with Gasteiger partial charge in [-0.05, 0) is 18.6 Å². The Kier molecular flexibility index (Phi) is 5.22. The van der Waals surface area contributed by atoms with Crippen LogP contribution in [0.25, 0.3) is 33.1 Å². The summed E-state index contributed by atoms with van der Waals surface area (Å²) in [5.41, 5.74) is 1.24. The van der Waals surface area contributed by atoms with Crippen molar-refractivity contribution in [3.05, 3.63) is 53.1 Å². The van der Waals surface area contributed by atoms with Crippen molar-refractivity contribution >= 4 is 33.5 Å². The van der Waals surface area contributed by atoms with E-state index in [2.05, 4.69) is 20.5 Å². The molecular weight excluding hydrogens is 411 g/mol. The molecule has 0 atom stereocenters. The largest absolute Gasteiger partial charge is 0.406 e. The van der Waals surface area contributed by atoms with Crippen molar-refractivity contribution in [1.82, 2.24) is 19.7 Å². The number of halogens is 3. The number of rotatable bonds is 5. The number of para-hydroxylation sites is 1. The van der Waals surface area contributed by atoms with Gasteiger partial charge in [0.15, 0.2) is 0 Å². The van der Waals surface area contributed by atoms with Crippen LogP contribution in [0.4, 0.5) is 18.9 Å². The van der Waals surface area contributed by atoms with Crippen LogP contribution >= 0.6 is 0 Å². The van der Waals surface area contributed by atoms with E-state index < -0.39 is 18.3 Å². The Bertz CT molecular complexity index is 1340. The number of carbonyl (C=O) groups excluding carboxylic acids is 1. The number of carbonyl (C=O) groups is 1. The van der Waals surface area contributed by atoms with E-state index >= 15 is 0 Å². The van der Waals surface area contributed by atoms with E-state index in [-0.39, 0.29) is 27.8 Å².